The summed E-state index contributed by atoms with van der Waals surface area (Å²) in [6.07, 6.45) is 5.87. The van der Waals surface area contributed by atoms with Crippen molar-refractivity contribution in [1.29, 1.82) is 0 Å². The van der Waals surface area contributed by atoms with Crippen molar-refractivity contribution in [2.75, 3.05) is 27.9 Å². The van der Waals surface area contributed by atoms with E-state index in [-0.39, 0.29) is 21.2 Å². The molecule has 0 unspecified atom stereocenters. The van der Waals surface area contributed by atoms with Crippen LogP contribution in [0.1, 0.15) is 50.7 Å². The molecule has 0 aromatic heterocycles. The molecule has 1 N–H and O–H groups in total. The van der Waals surface area contributed by atoms with E-state index in [1.165, 1.54) is 32.2 Å². The van der Waals surface area contributed by atoms with E-state index in [0.717, 1.165) is 43.6 Å². The predicted molar refractivity (Wildman–Crippen MR) is 111 cm³/mol. The molecule has 0 amide bonds. The van der Waals surface area contributed by atoms with Gasteiger partial charge in [-0.05, 0) is 0 Å². The Morgan fingerprint density at radius 3 is 2.44 bits per heavy atom. The number of benzene rings is 2. The molecule has 0 radical (unpaired) electrons. The number of aryl methyl sites for hydroxylation is 1. The Kier molecular flexibility index (Phi) is 7.27. The van der Waals surface area contributed by atoms with Gasteiger partial charge in [-0.2, -0.15) is 0 Å². The molecule has 3 rings (SSSR count). The molecule has 0 atom stereocenters. The first kappa shape index (κ1) is 20.3. The van der Waals surface area contributed by atoms with Crippen LogP contribution in [0.2, 0.25) is 0 Å². The van der Waals surface area contributed by atoms with Crippen LogP contribution in [0.5, 0.6) is 5.75 Å². The van der Waals surface area contributed by atoms with Crippen LogP contribution in [-0.2, 0) is 13.0 Å². The van der Waals surface area contributed by atoms with E-state index in [1.54, 1.807) is 0 Å². The van der Waals surface area contributed by atoms with Crippen molar-refractivity contribution in [1.82, 2.24) is 0 Å². The van der Waals surface area contributed by atoms with Gasteiger partial charge in [-0.1, -0.05) is 0 Å². The maximum atomic E-state index is 11.0. The van der Waals surface area contributed by atoms with E-state index in [2.05, 4.69) is 67.1 Å². The summed E-state index contributed by atoms with van der Waals surface area (Å²) in [6.45, 7) is 6.13. The molecule has 4 heteroatoms. The maximum absolute atomic E-state index is 11.0. The number of hydrogen-bond acceptors (Lipinski definition) is 3. The number of phenolic OH excluding ortho intramolecular Hbond substituents is 1. The molecule has 27 heavy (non-hydrogen) atoms. The van der Waals surface area contributed by atoms with E-state index >= 15 is 0 Å². The third kappa shape index (κ3) is 4.89. The summed E-state index contributed by atoms with van der Waals surface area (Å²) < 4.78 is 2.82. The first-order chi connectivity index (χ1) is 13.1. The molecule has 2 aromatic carbocycles. The van der Waals surface area contributed by atoms with Crippen molar-refractivity contribution in [3.63, 3.8) is 0 Å². The summed E-state index contributed by atoms with van der Waals surface area (Å²) in [7, 11) is 2.14. The molecule has 1 aliphatic rings. The van der Waals surface area contributed by atoms with Gasteiger partial charge in [0.05, 0.1) is 0 Å². The predicted octanol–water partition coefficient (Wildman–Crippen LogP) is 2.21. The summed E-state index contributed by atoms with van der Waals surface area (Å²) in [4.78, 5) is 4.66. The van der Waals surface area contributed by atoms with Gasteiger partial charge in [-0.3, -0.25) is 0 Å². The Morgan fingerprint density at radius 1 is 1.00 bits per heavy atom. The van der Waals surface area contributed by atoms with Crippen LogP contribution in [0.25, 0.3) is 0 Å². The van der Waals surface area contributed by atoms with Crippen molar-refractivity contribution >= 4 is 11.4 Å². The normalized spacial score (nSPS) is 13.4. The molecular weight excluding hydrogens is 447 g/mol. The van der Waals surface area contributed by atoms with Gasteiger partial charge in [-0.25, -0.2) is 0 Å². The summed E-state index contributed by atoms with van der Waals surface area (Å²) >= 11 is 0.0365. The number of alkyl halides is 1. The third-order valence-electron chi connectivity index (χ3n) is 5.15. The average molecular weight is 479 g/mol. The van der Waals surface area contributed by atoms with E-state index in [0.29, 0.717) is 5.75 Å². The number of aromatic hydroxyl groups is 1. The number of fused-ring (bicyclic) bond motifs is 1. The van der Waals surface area contributed by atoms with Gasteiger partial charge in [0.2, 0.25) is 0 Å². The van der Waals surface area contributed by atoms with E-state index in [4.69, 9.17) is 0 Å². The van der Waals surface area contributed by atoms with Gasteiger partial charge in [0.1, 0.15) is 0 Å². The van der Waals surface area contributed by atoms with Crippen LogP contribution in [0.4, 0.5) is 11.4 Å². The molecule has 3 nitrogen and oxygen atoms in total. The Labute approximate surface area is 174 Å². The molecule has 148 valence electrons. The fraction of sp³-hybridized carbons (Fsp3) is 0.478. The summed E-state index contributed by atoms with van der Waals surface area (Å²) in [5.74, 6) is 0.527. The van der Waals surface area contributed by atoms with Crippen molar-refractivity contribution in [2.45, 2.75) is 52.5 Å². The van der Waals surface area contributed by atoms with Crippen LogP contribution in [0.15, 0.2) is 36.4 Å². The van der Waals surface area contributed by atoms with Gasteiger partial charge in [0, 0.05) is 0 Å². The number of rotatable bonds is 9. The summed E-state index contributed by atoms with van der Waals surface area (Å²) in [5.41, 5.74) is 4.79. The zero-order valence-electron chi connectivity index (χ0n) is 16.8. The summed E-state index contributed by atoms with van der Waals surface area (Å²) in [5, 5.41) is 11.0. The topological polar surface area (TPSA) is 26.7 Å². The van der Waals surface area contributed by atoms with E-state index in [1.807, 2.05) is 0 Å². The zero-order chi connectivity index (χ0) is 19.2. The van der Waals surface area contributed by atoms with Crippen LogP contribution in [-0.4, -0.2) is 23.3 Å². The molecule has 1 heterocycles. The molecular formula is C23H32IN2O-. The second-order valence-electron chi connectivity index (χ2n) is 7.38. The second kappa shape index (κ2) is 9.67. The number of unbranched alkanes of at least 4 members (excludes halogenated alkanes) is 2. The molecule has 2 aromatic rings. The first-order valence-electron chi connectivity index (χ1n) is 10.1. The Hall–Kier alpha value is -1.43. The summed E-state index contributed by atoms with van der Waals surface area (Å²) in [6, 6.07) is 13.1. The molecule has 0 fully saturated rings. The van der Waals surface area contributed by atoms with Crippen LogP contribution < -0.4 is 31.0 Å². The van der Waals surface area contributed by atoms with Gasteiger partial charge in [-0.15, -0.1) is 0 Å². The number of halogens is 1. The zero-order valence-corrected chi connectivity index (χ0v) is 19.0. The number of hydrogen-bond donors (Lipinski definition) is 1. The number of nitrogens with zero attached hydrogens (tertiary/aromatic N) is 2. The van der Waals surface area contributed by atoms with Crippen LogP contribution >= 0.6 is 0 Å². The average Bonchev–Trinajstić information content (AvgIpc) is 2.99. The molecule has 0 bridgehead atoms. The molecule has 1 aliphatic heterocycles. The van der Waals surface area contributed by atoms with E-state index < -0.39 is 0 Å². The monoisotopic (exact) mass is 479 g/mol. The minimum atomic E-state index is 0.0365. The minimum absolute atomic E-state index is 0.0365. The standard InChI is InChI=1S/C23H32IN2O/c1-4-6-10-18-14-20(24-13-7-5-2)15-19(23(18)27)16-26-17-25(3)21-11-8-9-12-22(21)26/h8-9,11-12,14-15,27H,4-7,10,13,16-17H2,1-3H3/q-1. The van der Waals surface area contributed by atoms with Crippen molar-refractivity contribution in [3.8, 4) is 5.75 Å². The van der Waals surface area contributed by atoms with Gasteiger partial charge in [0.15, 0.2) is 0 Å². The van der Waals surface area contributed by atoms with Gasteiger partial charge >= 0.3 is 175 Å². The van der Waals surface area contributed by atoms with Gasteiger partial charge < -0.3 is 0 Å². The van der Waals surface area contributed by atoms with Crippen LogP contribution in [0, 0.1) is 3.57 Å². The second-order valence-corrected chi connectivity index (χ2v) is 10.5. The fourth-order valence-corrected chi connectivity index (χ4v) is 6.55. The Bertz CT molecular complexity index is 762. The fourth-order valence-electron chi connectivity index (χ4n) is 3.59. The first-order valence-corrected chi connectivity index (χ1v) is 12.7. The quantitative estimate of drug-likeness (QED) is 0.340. The molecule has 0 aliphatic carbocycles. The third-order valence-corrected chi connectivity index (χ3v) is 7.95. The molecule has 0 spiro atoms. The van der Waals surface area contributed by atoms with Crippen molar-refractivity contribution < 1.29 is 26.3 Å². The van der Waals surface area contributed by atoms with E-state index in [9.17, 15) is 5.11 Å². The number of anilines is 2. The Morgan fingerprint density at radius 2 is 1.70 bits per heavy atom. The van der Waals surface area contributed by atoms with Crippen LogP contribution in [0.3, 0.4) is 0 Å². The van der Waals surface area contributed by atoms with Gasteiger partial charge in [0.25, 0.3) is 0 Å². The Balaban J connectivity index is 1.86. The number of para-hydroxylation sites is 2. The number of phenols is 1. The van der Waals surface area contributed by atoms with Crippen molar-refractivity contribution in [2.24, 2.45) is 0 Å². The van der Waals surface area contributed by atoms with Crippen molar-refractivity contribution in [3.05, 3.63) is 51.1 Å². The molecule has 0 saturated carbocycles. The molecule has 0 saturated heterocycles. The SMILES string of the molecule is CCCC[I-]c1cc(CCCC)c(O)c(CN2CN(C)c3ccccc32)c1.